The number of halogens is 2. The van der Waals surface area contributed by atoms with Crippen LogP contribution in [0.5, 0.6) is 5.75 Å². The summed E-state index contributed by atoms with van der Waals surface area (Å²) in [6.07, 6.45) is 2.51. The summed E-state index contributed by atoms with van der Waals surface area (Å²) in [6.45, 7) is 0.877. The fourth-order valence-electron chi connectivity index (χ4n) is 2.48. The first kappa shape index (κ1) is 19.5. The molecule has 0 heterocycles. The van der Waals surface area contributed by atoms with Crippen molar-refractivity contribution in [1.82, 2.24) is 5.32 Å². The number of amides is 2. The summed E-state index contributed by atoms with van der Waals surface area (Å²) in [7, 11) is 0. The Bertz CT molecular complexity index is 838. The van der Waals surface area contributed by atoms with Crippen molar-refractivity contribution in [1.29, 1.82) is 0 Å². The highest BCUT2D eigenvalue weighted by Crippen LogP contribution is 2.30. The molecule has 2 aromatic carbocycles. The Hall–Kier alpha value is -2.24. The molecule has 0 aromatic heterocycles. The quantitative estimate of drug-likeness (QED) is 0.632. The Labute approximate surface area is 168 Å². The summed E-state index contributed by atoms with van der Waals surface area (Å²) in [4.78, 5) is 24.1. The summed E-state index contributed by atoms with van der Waals surface area (Å²) in [5.74, 6) is 0.510. The van der Waals surface area contributed by atoms with Gasteiger partial charge in [0.2, 0.25) is 5.91 Å². The molecule has 0 unspecified atom stereocenters. The van der Waals surface area contributed by atoms with Crippen LogP contribution in [0, 0.1) is 5.92 Å². The Morgan fingerprint density at radius 2 is 1.93 bits per heavy atom. The van der Waals surface area contributed by atoms with Crippen LogP contribution < -0.4 is 15.4 Å². The van der Waals surface area contributed by atoms with Crippen LogP contribution >= 0.6 is 23.2 Å². The van der Waals surface area contributed by atoms with Gasteiger partial charge in [-0.2, -0.15) is 0 Å². The molecule has 5 nitrogen and oxygen atoms in total. The van der Waals surface area contributed by atoms with Crippen LogP contribution in [-0.4, -0.2) is 25.0 Å². The molecule has 2 aromatic rings. The van der Waals surface area contributed by atoms with E-state index >= 15 is 0 Å². The van der Waals surface area contributed by atoms with Gasteiger partial charge in [-0.15, -0.1) is 0 Å². The van der Waals surface area contributed by atoms with Crippen LogP contribution in [0.2, 0.25) is 10.0 Å². The molecule has 0 saturated heterocycles. The largest absolute Gasteiger partial charge is 0.492 e. The van der Waals surface area contributed by atoms with Crippen molar-refractivity contribution in [3.63, 3.8) is 0 Å². The van der Waals surface area contributed by atoms with Crippen molar-refractivity contribution < 1.29 is 14.3 Å². The highest BCUT2D eigenvalue weighted by molar-refractivity contribution is 6.35. The Kier molecular flexibility index (Phi) is 6.58. The molecule has 1 saturated carbocycles. The number of ether oxygens (including phenoxy) is 1. The molecule has 0 spiro atoms. The zero-order chi connectivity index (χ0) is 19.2. The maximum atomic E-state index is 12.3. The maximum absolute atomic E-state index is 12.3. The van der Waals surface area contributed by atoms with E-state index in [9.17, 15) is 9.59 Å². The monoisotopic (exact) mass is 406 g/mol. The zero-order valence-electron chi connectivity index (χ0n) is 14.6. The summed E-state index contributed by atoms with van der Waals surface area (Å²) in [5, 5.41) is 6.69. The van der Waals surface area contributed by atoms with Gasteiger partial charge in [0.05, 0.1) is 11.6 Å². The van der Waals surface area contributed by atoms with Gasteiger partial charge in [0, 0.05) is 28.7 Å². The van der Waals surface area contributed by atoms with Crippen LogP contribution in [0.25, 0.3) is 0 Å². The van der Waals surface area contributed by atoms with E-state index in [0.29, 0.717) is 46.6 Å². The van der Waals surface area contributed by atoms with Crippen molar-refractivity contribution in [2.45, 2.75) is 19.3 Å². The molecule has 7 heteroatoms. The number of hydrogen-bond acceptors (Lipinski definition) is 3. The van der Waals surface area contributed by atoms with E-state index in [0.717, 1.165) is 12.8 Å². The second-order valence-electron chi connectivity index (χ2n) is 6.38. The van der Waals surface area contributed by atoms with Gasteiger partial charge in [0.15, 0.2) is 0 Å². The average molecular weight is 407 g/mol. The molecule has 0 aliphatic heterocycles. The third kappa shape index (κ3) is 5.88. The van der Waals surface area contributed by atoms with Gasteiger partial charge in [-0.3, -0.25) is 9.59 Å². The fourth-order valence-corrected chi connectivity index (χ4v) is 2.94. The van der Waals surface area contributed by atoms with E-state index in [4.69, 9.17) is 27.9 Å². The standard InChI is InChI=1S/C20H20Cl2N2O3/c21-15-7-8-18(17(22)12-15)27-10-2-9-23-19(25)14-3-1-4-16(11-14)24-20(26)13-5-6-13/h1,3-4,7-8,11-13H,2,5-6,9-10H2,(H,23,25)(H,24,26). The number of carbonyl (C=O) groups excluding carboxylic acids is 2. The van der Waals surface area contributed by atoms with E-state index in [1.54, 1.807) is 42.5 Å². The first-order valence-corrected chi connectivity index (χ1v) is 9.55. The molecule has 27 heavy (non-hydrogen) atoms. The number of benzene rings is 2. The number of rotatable bonds is 8. The number of hydrogen-bond donors (Lipinski definition) is 2. The molecule has 2 amide bonds. The van der Waals surface area contributed by atoms with Gasteiger partial charge in [-0.25, -0.2) is 0 Å². The smallest absolute Gasteiger partial charge is 0.251 e. The summed E-state index contributed by atoms with van der Waals surface area (Å²) < 4.78 is 5.58. The molecular weight excluding hydrogens is 387 g/mol. The van der Waals surface area contributed by atoms with Gasteiger partial charge >= 0.3 is 0 Å². The molecule has 1 aliphatic rings. The molecule has 142 valence electrons. The average Bonchev–Trinajstić information content (AvgIpc) is 3.48. The van der Waals surface area contributed by atoms with Gasteiger partial charge in [0.25, 0.3) is 5.91 Å². The summed E-state index contributed by atoms with van der Waals surface area (Å²) >= 11 is 11.9. The van der Waals surface area contributed by atoms with Crippen molar-refractivity contribution in [3.05, 3.63) is 58.1 Å². The third-order valence-electron chi connectivity index (χ3n) is 4.10. The van der Waals surface area contributed by atoms with Crippen molar-refractivity contribution in [2.24, 2.45) is 5.92 Å². The number of carbonyl (C=O) groups is 2. The lowest BCUT2D eigenvalue weighted by Crippen LogP contribution is -2.25. The van der Waals surface area contributed by atoms with Crippen LogP contribution in [0.15, 0.2) is 42.5 Å². The molecule has 3 rings (SSSR count). The van der Waals surface area contributed by atoms with Crippen molar-refractivity contribution in [2.75, 3.05) is 18.5 Å². The number of nitrogens with one attached hydrogen (secondary N) is 2. The molecule has 2 N–H and O–H groups in total. The van der Waals surface area contributed by atoms with Crippen LogP contribution in [0.3, 0.4) is 0 Å². The lowest BCUT2D eigenvalue weighted by molar-refractivity contribution is -0.117. The van der Waals surface area contributed by atoms with E-state index in [1.165, 1.54) is 0 Å². The predicted octanol–water partition coefficient (Wildman–Crippen LogP) is 4.54. The second kappa shape index (κ2) is 9.11. The van der Waals surface area contributed by atoms with Gasteiger partial charge in [-0.05, 0) is 55.7 Å². The number of anilines is 1. The highest BCUT2D eigenvalue weighted by Gasteiger charge is 2.29. The van der Waals surface area contributed by atoms with Crippen LogP contribution in [0.1, 0.15) is 29.6 Å². The van der Waals surface area contributed by atoms with Crippen molar-refractivity contribution >= 4 is 40.7 Å². The predicted molar refractivity (Wildman–Crippen MR) is 107 cm³/mol. The maximum Gasteiger partial charge on any atom is 0.251 e. The van der Waals surface area contributed by atoms with E-state index in [-0.39, 0.29) is 17.7 Å². The van der Waals surface area contributed by atoms with Crippen LogP contribution in [-0.2, 0) is 4.79 Å². The summed E-state index contributed by atoms with van der Waals surface area (Å²) in [6, 6.07) is 12.0. The molecule has 0 atom stereocenters. The Morgan fingerprint density at radius 3 is 2.67 bits per heavy atom. The zero-order valence-corrected chi connectivity index (χ0v) is 16.1. The first-order chi connectivity index (χ1) is 13.0. The first-order valence-electron chi connectivity index (χ1n) is 8.80. The molecule has 1 aliphatic carbocycles. The van der Waals surface area contributed by atoms with E-state index in [1.807, 2.05) is 0 Å². The molecule has 1 fully saturated rings. The fraction of sp³-hybridized carbons (Fsp3) is 0.300. The SMILES string of the molecule is O=C(NCCCOc1ccc(Cl)cc1Cl)c1cccc(NC(=O)C2CC2)c1. The third-order valence-corrected chi connectivity index (χ3v) is 4.63. The highest BCUT2D eigenvalue weighted by atomic mass is 35.5. The Balaban J connectivity index is 1.41. The lowest BCUT2D eigenvalue weighted by Gasteiger charge is -2.10. The topological polar surface area (TPSA) is 67.4 Å². The van der Waals surface area contributed by atoms with Crippen LogP contribution in [0.4, 0.5) is 5.69 Å². The van der Waals surface area contributed by atoms with E-state index in [2.05, 4.69) is 10.6 Å². The van der Waals surface area contributed by atoms with Crippen molar-refractivity contribution in [3.8, 4) is 5.75 Å². The normalized spacial score (nSPS) is 13.1. The molecule has 0 radical (unpaired) electrons. The second-order valence-corrected chi connectivity index (χ2v) is 7.22. The van der Waals surface area contributed by atoms with E-state index < -0.39 is 0 Å². The summed E-state index contributed by atoms with van der Waals surface area (Å²) in [5.41, 5.74) is 1.14. The Morgan fingerprint density at radius 1 is 1.11 bits per heavy atom. The van der Waals surface area contributed by atoms with Gasteiger partial charge in [-0.1, -0.05) is 29.3 Å². The minimum absolute atomic E-state index is 0.0190. The molecule has 0 bridgehead atoms. The molecular formula is C20H20Cl2N2O3. The minimum Gasteiger partial charge on any atom is -0.492 e. The lowest BCUT2D eigenvalue weighted by atomic mass is 10.2. The van der Waals surface area contributed by atoms with Gasteiger partial charge < -0.3 is 15.4 Å². The minimum atomic E-state index is -0.193. The van der Waals surface area contributed by atoms with Gasteiger partial charge in [0.1, 0.15) is 5.75 Å².